The largest absolute Gasteiger partial charge is 0.383 e. The first kappa shape index (κ1) is 14.0. The molecule has 0 aromatic rings. The Morgan fingerprint density at radius 2 is 1.94 bits per heavy atom. The molecule has 1 aliphatic carbocycles. The van der Waals surface area contributed by atoms with Gasteiger partial charge in [-0.2, -0.15) is 0 Å². The standard InChI is InChI=1S/C12H22N2O3/c1-9-5-3-4-6-10(9)14-12(16)11(15)13-7-8-17-2/h9-10H,3-8H2,1-2H3,(H,13,15)(H,14,16)/t9-,10-/m0/s1. The molecule has 2 amide bonds. The molecular weight excluding hydrogens is 220 g/mol. The second kappa shape index (κ2) is 7.27. The van der Waals surface area contributed by atoms with Crippen molar-refractivity contribution in [3.63, 3.8) is 0 Å². The molecule has 0 aromatic carbocycles. The van der Waals surface area contributed by atoms with Gasteiger partial charge in [-0.3, -0.25) is 9.59 Å². The number of nitrogens with one attached hydrogen (secondary N) is 2. The minimum Gasteiger partial charge on any atom is -0.383 e. The SMILES string of the molecule is COCCNC(=O)C(=O)N[C@H]1CCCC[C@@H]1C. The van der Waals surface area contributed by atoms with Crippen LogP contribution in [0.2, 0.25) is 0 Å². The summed E-state index contributed by atoms with van der Waals surface area (Å²) >= 11 is 0. The van der Waals surface area contributed by atoms with Crippen molar-refractivity contribution in [2.75, 3.05) is 20.3 Å². The number of hydrogen-bond acceptors (Lipinski definition) is 3. The summed E-state index contributed by atoms with van der Waals surface area (Å²) in [7, 11) is 1.55. The number of methoxy groups -OCH3 is 1. The Kier molecular flexibility index (Phi) is 5.97. The van der Waals surface area contributed by atoms with Crippen LogP contribution >= 0.6 is 0 Å². The summed E-state index contributed by atoms with van der Waals surface area (Å²) in [6.07, 6.45) is 4.43. The van der Waals surface area contributed by atoms with Crippen LogP contribution < -0.4 is 10.6 Å². The van der Waals surface area contributed by atoms with Gasteiger partial charge in [-0.25, -0.2) is 0 Å². The van der Waals surface area contributed by atoms with Crippen molar-refractivity contribution in [1.82, 2.24) is 10.6 Å². The fourth-order valence-electron chi connectivity index (χ4n) is 2.11. The molecule has 1 rings (SSSR count). The topological polar surface area (TPSA) is 67.4 Å². The Hall–Kier alpha value is -1.10. The van der Waals surface area contributed by atoms with Gasteiger partial charge in [-0.15, -0.1) is 0 Å². The first-order valence-electron chi connectivity index (χ1n) is 6.22. The quantitative estimate of drug-likeness (QED) is 0.555. The predicted molar refractivity (Wildman–Crippen MR) is 64.4 cm³/mol. The van der Waals surface area contributed by atoms with Gasteiger partial charge >= 0.3 is 11.8 Å². The number of hydrogen-bond donors (Lipinski definition) is 2. The molecule has 5 heteroatoms. The van der Waals surface area contributed by atoms with Gasteiger partial charge in [0.1, 0.15) is 0 Å². The van der Waals surface area contributed by atoms with E-state index in [1.54, 1.807) is 7.11 Å². The van der Waals surface area contributed by atoms with Crippen molar-refractivity contribution < 1.29 is 14.3 Å². The molecular formula is C12H22N2O3. The normalized spacial score (nSPS) is 24.1. The van der Waals surface area contributed by atoms with E-state index in [1.807, 2.05) is 0 Å². The summed E-state index contributed by atoms with van der Waals surface area (Å²) in [5.74, 6) is -0.640. The summed E-state index contributed by atoms with van der Waals surface area (Å²) in [5, 5.41) is 5.32. The highest BCUT2D eigenvalue weighted by Gasteiger charge is 2.25. The molecule has 2 N–H and O–H groups in total. The summed E-state index contributed by atoms with van der Waals surface area (Å²) in [6, 6.07) is 0.143. The van der Waals surface area contributed by atoms with Crippen LogP contribution in [0.5, 0.6) is 0 Å². The highest BCUT2D eigenvalue weighted by Crippen LogP contribution is 2.23. The number of carbonyl (C=O) groups excluding carboxylic acids is 2. The van der Waals surface area contributed by atoms with Crippen molar-refractivity contribution in [2.45, 2.75) is 38.6 Å². The highest BCUT2D eigenvalue weighted by atomic mass is 16.5. The molecule has 1 aliphatic rings. The predicted octanol–water partition coefficient (Wildman–Crippen LogP) is 0.444. The van der Waals surface area contributed by atoms with E-state index in [0.29, 0.717) is 19.1 Å². The van der Waals surface area contributed by atoms with Crippen molar-refractivity contribution in [3.8, 4) is 0 Å². The molecule has 17 heavy (non-hydrogen) atoms. The summed E-state index contributed by atoms with van der Waals surface area (Å²) < 4.78 is 4.79. The van der Waals surface area contributed by atoms with Crippen molar-refractivity contribution in [3.05, 3.63) is 0 Å². The molecule has 0 aliphatic heterocycles. The van der Waals surface area contributed by atoms with Crippen molar-refractivity contribution >= 4 is 11.8 Å². The van der Waals surface area contributed by atoms with Crippen molar-refractivity contribution in [2.24, 2.45) is 5.92 Å². The van der Waals surface area contributed by atoms with Crippen LogP contribution in [-0.4, -0.2) is 38.1 Å². The first-order chi connectivity index (χ1) is 8.15. The monoisotopic (exact) mass is 242 g/mol. The second-order valence-electron chi connectivity index (χ2n) is 4.59. The van der Waals surface area contributed by atoms with Crippen LogP contribution in [0.25, 0.3) is 0 Å². The minimum absolute atomic E-state index is 0.143. The van der Waals surface area contributed by atoms with Gasteiger partial charge in [-0.05, 0) is 18.8 Å². The molecule has 1 saturated carbocycles. The molecule has 0 aromatic heterocycles. The van der Waals surface area contributed by atoms with Crippen LogP contribution in [-0.2, 0) is 14.3 Å². The van der Waals surface area contributed by atoms with Gasteiger partial charge < -0.3 is 15.4 Å². The molecule has 0 radical (unpaired) electrons. The summed E-state index contributed by atoms with van der Waals surface area (Å²) in [5.41, 5.74) is 0. The average Bonchev–Trinajstić information content (AvgIpc) is 2.32. The van der Waals surface area contributed by atoms with Crippen LogP contribution in [0, 0.1) is 5.92 Å². The lowest BCUT2D eigenvalue weighted by Gasteiger charge is -2.29. The van der Waals surface area contributed by atoms with Crippen molar-refractivity contribution in [1.29, 1.82) is 0 Å². The smallest absolute Gasteiger partial charge is 0.309 e. The van der Waals surface area contributed by atoms with E-state index >= 15 is 0 Å². The average molecular weight is 242 g/mol. The minimum atomic E-state index is -0.570. The fourth-order valence-corrected chi connectivity index (χ4v) is 2.11. The number of ether oxygens (including phenoxy) is 1. The third kappa shape index (κ3) is 4.73. The lowest BCUT2D eigenvalue weighted by molar-refractivity contribution is -0.140. The van der Waals surface area contributed by atoms with Gasteiger partial charge in [0.15, 0.2) is 0 Å². The molecule has 0 spiro atoms. The lowest BCUT2D eigenvalue weighted by atomic mass is 9.86. The van der Waals surface area contributed by atoms with Crippen LogP contribution in [0.3, 0.4) is 0 Å². The maximum Gasteiger partial charge on any atom is 0.309 e. The first-order valence-corrected chi connectivity index (χ1v) is 6.22. The zero-order valence-corrected chi connectivity index (χ0v) is 10.6. The molecule has 0 unspecified atom stereocenters. The van der Waals surface area contributed by atoms with Gasteiger partial charge in [-0.1, -0.05) is 19.8 Å². The molecule has 1 fully saturated rings. The maximum atomic E-state index is 11.6. The molecule has 0 bridgehead atoms. The number of amides is 2. The van der Waals surface area contributed by atoms with E-state index in [9.17, 15) is 9.59 Å². The summed E-state index contributed by atoms with van der Waals surface area (Å²) in [6.45, 7) is 2.90. The Morgan fingerprint density at radius 3 is 2.59 bits per heavy atom. The highest BCUT2D eigenvalue weighted by molar-refractivity contribution is 6.35. The second-order valence-corrected chi connectivity index (χ2v) is 4.59. The number of rotatable bonds is 4. The molecule has 0 heterocycles. The van der Waals surface area contributed by atoms with Gasteiger partial charge in [0, 0.05) is 19.7 Å². The Labute approximate surface area is 102 Å². The molecule has 0 saturated heterocycles. The van der Waals surface area contributed by atoms with E-state index in [0.717, 1.165) is 19.3 Å². The van der Waals surface area contributed by atoms with E-state index in [-0.39, 0.29) is 6.04 Å². The Balaban J connectivity index is 2.29. The zero-order valence-electron chi connectivity index (χ0n) is 10.6. The van der Waals surface area contributed by atoms with Crippen LogP contribution in [0.1, 0.15) is 32.6 Å². The van der Waals surface area contributed by atoms with E-state index < -0.39 is 11.8 Å². The third-order valence-electron chi connectivity index (χ3n) is 3.23. The zero-order chi connectivity index (χ0) is 12.7. The lowest BCUT2D eigenvalue weighted by Crippen LogP contribution is -2.48. The number of carbonyl (C=O) groups is 2. The Morgan fingerprint density at radius 1 is 1.24 bits per heavy atom. The summed E-state index contributed by atoms with van der Waals surface area (Å²) in [4.78, 5) is 23.0. The van der Waals surface area contributed by atoms with Gasteiger partial charge in [0.2, 0.25) is 0 Å². The van der Waals surface area contributed by atoms with E-state index in [4.69, 9.17) is 4.74 Å². The van der Waals surface area contributed by atoms with Gasteiger partial charge in [0.05, 0.1) is 6.61 Å². The van der Waals surface area contributed by atoms with Gasteiger partial charge in [0.25, 0.3) is 0 Å². The van der Waals surface area contributed by atoms with Crippen LogP contribution in [0.4, 0.5) is 0 Å². The Bertz CT molecular complexity index is 268. The van der Waals surface area contributed by atoms with E-state index in [1.165, 1.54) is 6.42 Å². The third-order valence-corrected chi connectivity index (χ3v) is 3.23. The van der Waals surface area contributed by atoms with Crippen LogP contribution in [0.15, 0.2) is 0 Å². The molecule has 5 nitrogen and oxygen atoms in total. The fraction of sp³-hybridized carbons (Fsp3) is 0.833. The van der Waals surface area contributed by atoms with E-state index in [2.05, 4.69) is 17.6 Å². The maximum absolute atomic E-state index is 11.6. The molecule has 2 atom stereocenters. The molecule has 98 valence electrons.